The Kier molecular flexibility index (Phi) is 4.29. The highest BCUT2D eigenvalue weighted by Crippen LogP contribution is 2.22. The Morgan fingerprint density at radius 2 is 2.14 bits per heavy atom. The minimum absolute atomic E-state index is 0.400. The number of ether oxygens (including phenoxy) is 2. The lowest BCUT2D eigenvalue weighted by atomic mass is 10.3. The van der Waals surface area contributed by atoms with Crippen molar-refractivity contribution in [2.45, 2.75) is 5.16 Å². The van der Waals surface area contributed by atoms with Crippen LogP contribution in [0.15, 0.2) is 35.7 Å². The third kappa shape index (κ3) is 3.22. The standard InChI is InChI=1S/C14H15N5O2S/c1-20-9-3-2-4-10(7-9)21-5-6-22-14-18-11-12(15)16-8-17-13(11)19-14/h2-4,7-8H,5-6H2,1H3,(H3,15,16,17,18,19). The molecular formula is C14H15N5O2S. The number of H-pyrrole nitrogens is 1. The molecule has 0 amide bonds. The Morgan fingerprint density at radius 1 is 1.27 bits per heavy atom. The number of fused-ring (bicyclic) bond motifs is 1. The summed E-state index contributed by atoms with van der Waals surface area (Å²) in [4.78, 5) is 15.4. The number of anilines is 1. The molecule has 0 atom stereocenters. The SMILES string of the molecule is COc1cccc(OCCSc2nc3ncnc(N)c3[nH]2)c1. The van der Waals surface area contributed by atoms with Crippen molar-refractivity contribution in [1.82, 2.24) is 19.9 Å². The second kappa shape index (κ2) is 6.52. The number of rotatable bonds is 6. The van der Waals surface area contributed by atoms with Crippen molar-refractivity contribution < 1.29 is 9.47 Å². The molecule has 7 nitrogen and oxygen atoms in total. The van der Waals surface area contributed by atoms with Crippen LogP contribution >= 0.6 is 11.8 Å². The van der Waals surface area contributed by atoms with E-state index in [1.165, 1.54) is 18.1 Å². The molecule has 8 heteroatoms. The molecule has 0 saturated carbocycles. The second-order valence-corrected chi connectivity index (χ2v) is 5.46. The van der Waals surface area contributed by atoms with E-state index in [0.29, 0.717) is 23.6 Å². The number of nitrogen functional groups attached to an aromatic ring is 1. The molecule has 0 fully saturated rings. The zero-order valence-electron chi connectivity index (χ0n) is 11.9. The number of aromatic nitrogens is 4. The Balaban J connectivity index is 1.54. The van der Waals surface area contributed by atoms with E-state index < -0.39 is 0 Å². The molecule has 2 heterocycles. The predicted molar refractivity (Wildman–Crippen MR) is 85.3 cm³/mol. The number of aromatic amines is 1. The van der Waals surface area contributed by atoms with Crippen LogP contribution in [0.25, 0.3) is 11.2 Å². The van der Waals surface area contributed by atoms with Gasteiger partial charge in [0.05, 0.1) is 13.7 Å². The summed E-state index contributed by atoms with van der Waals surface area (Å²) in [5.74, 6) is 2.69. The van der Waals surface area contributed by atoms with E-state index in [2.05, 4.69) is 19.9 Å². The molecule has 3 N–H and O–H groups in total. The molecule has 114 valence electrons. The van der Waals surface area contributed by atoms with E-state index in [4.69, 9.17) is 15.2 Å². The summed E-state index contributed by atoms with van der Waals surface area (Å²) in [7, 11) is 1.63. The molecule has 0 aliphatic heterocycles. The van der Waals surface area contributed by atoms with Crippen molar-refractivity contribution in [2.75, 3.05) is 25.2 Å². The van der Waals surface area contributed by atoms with Crippen LogP contribution in [0.4, 0.5) is 5.82 Å². The van der Waals surface area contributed by atoms with Crippen LogP contribution in [-0.4, -0.2) is 39.4 Å². The lowest BCUT2D eigenvalue weighted by molar-refractivity contribution is 0.339. The van der Waals surface area contributed by atoms with Gasteiger partial charge < -0.3 is 20.2 Å². The number of thioether (sulfide) groups is 1. The van der Waals surface area contributed by atoms with Gasteiger partial charge in [0, 0.05) is 11.8 Å². The summed E-state index contributed by atoms with van der Waals surface area (Å²) in [5, 5.41) is 0.747. The number of nitrogens with zero attached hydrogens (tertiary/aromatic N) is 3. The van der Waals surface area contributed by atoms with Crippen LogP contribution in [0.1, 0.15) is 0 Å². The van der Waals surface area contributed by atoms with Gasteiger partial charge in [0.1, 0.15) is 23.3 Å². The summed E-state index contributed by atoms with van der Waals surface area (Å²) < 4.78 is 10.8. The Morgan fingerprint density at radius 3 is 2.95 bits per heavy atom. The fourth-order valence-electron chi connectivity index (χ4n) is 1.88. The quantitative estimate of drug-likeness (QED) is 0.530. The van der Waals surface area contributed by atoms with Crippen molar-refractivity contribution in [3.8, 4) is 11.5 Å². The maximum Gasteiger partial charge on any atom is 0.183 e. The molecule has 0 saturated heterocycles. The smallest absolute Gasteiger partial charge is 0.183 e. The van der Waals surface area contributed by atoms with Crippen molar-refractivity contribution in [1.29, 1.82) is 0 Å². The third-order valence-electron chi connectivity index (χ3n) is 2.93. The molecule has 1 aromatic carbocycles. The first-order valence-electron chi connectivity index (χ1n) is 6.62. The number of hydrogen-bond donors (Lipinski definition) is 2. The topological polar surface area (TPSA) is 98.9 Å². The number of nitrogens with two attached hydrogens (primary N) is 1. The zero-order valence-corrected chi connectivity index (χ0v) is 12.8. The van der Waals surface area contributed by atoms with Gasteiger partial charge in [0.15, 0.2) is 16.6 Å². The van der Waals surface area contributed by atoms with Crippen LogP contribution in [0, 0.1) is 0 Å². The number of hydrogen-bond acceptors (Lipinski definition) is 7. The lowest BCUT2D eigenvalue weighted by Crippen LogP contribution is -2.00. The number of benzene rings is 1. The molecule has 0 aliphatic carbocycles. The number of imidazole rings is 1. The van der Waals surface area contributed by atoms with Gasteiger partial charge in [-0.25, -0.2) is 15.0 Å². The van der Waals surface area contributed by atoms with Crippen LogP contribution in [0.2, 0.25) is 0 Å². The van der Waals surface area contributed by atoms with E-state index in [1.807, 2.05) is 24.3 Å². The van der Waals surface area contributed by atoms with Crippen LogP contribution in [0.3, 0.4) is 0 Å². The molecule has 2 aromatic heterocycles. The van der Waals surface area contributed by atoms with Gasteiger partial charge in [-0.3, -0.25) is 0 Å². The average molecular weight is 317 g/mol. The summed E-state index contributed by atoms with van der Waals surface area (Å²) >= 11 is 1.54. The van der Waals surface area contributed by atoms with E-state index in [-0.39, 0.29) is 0 Å². The van der Waals surface area contributed by atoms with E-state index in [0.717, 1.165) is 22.4 Å². The maximum absolute atomic E-state index is 5.76. The molecule has 3 aromatic rings. The highest BCUT2D eigenvalue weighted by atomic mass is 32.2. The van der Waals surface area contributed by atoms with E-state index in [1.54, 1.807) is 7.11 Å². The van der Waals surface area contributed by atoms with Crippen LogP contribution < -0.4 is 15.2 Å². The van der Waals surface area contributed by atoms with E-state index in [9.17, 15) is 0 Å². The fourth-order valence-corrected chi connectivity index (χ4v) is 2.57. The molecule has 22 heavy (non-hydrogen) atoms. The normalized spacial score (nSPS) is 10.8. The van der Waals surface area contributed by atoms with Crippen molar-refractivity contribution in [2.24, 2.45) is 0 Å². The minimum Gasteiger partial charge on any atom is -0.497 e. The highest BCUT2D eigenvalue weighted by molar-refractivity contribution is 7.99. The molecule has 0 unspecified atom stereocenters. The van der Waals surface area contributed by atoms with Crippen molar-refractivity contribution in [3.05, 3.63) is 30.6 Å². The third-order valence-corrected chi connectivity index (χ3v) is 3.77. The van der Waals surface area contributed by atoms with Gasteiger partial charge in [0.25, 0.3) is 0 Å². The van der Waals surface area contributed by atoms with Gasteiger partial charge in [-0.15, -0.1) is 0 Å². The summed E-state index contributed by atoms with van der Waals surface area (Å²) in [6.07, 6.45) is 1.40. The molecular weight excluding hydrogens is 302 g/mol. The average Bonchev–Trinajstić information content (AvgIpc) is 2.96. The van der Waals surface area contributed by atoms with Crippen molar-refractivity contribution >= 4 is 28.7 Å². The molecule has 0 radical (unpaired) electrons. The van der Waals surface area contributed by atoms with Crippen LogP contribution in [0.5, 0.6) is 11.5 Å². The molecule has 0 aliphatic rings. The fraction of sp³-hybridized carbons (Fsp3) is 0.214. The second-order valence-electron chi connectivity index (χ2n) is 4.38. The Hall–Kier alpha value is -2.48. The summed E-state index contributed by atoms with van der Waals surface area (Å²) in [5.41, 5.74) is 7.00. The number of methoxy groups -OCH3 is 1. The highest BCUT2D eigenvalue weighted by Gasteiger charge is 2.07. The molecule has 3 rings (SSSR count). The Labute approximate surface area is 131 Å². The minimum atomic E-state index is 0.400. The summed E-state index contributed by atoms with van der Waals surface area (Å²) in [6, 6.07) is 7.51. The van der Waals surface area contributed by atoms with Gasteiger partial charge in [-0.1, -0.05) is 17.8 Å². The first kappa shape index (κ1) is 14.5. The lowest BCUT2D eigenvalue weighted by Gasteiger charge is -2.06. The molecule has 0 bridgehead atoms. The first-order valence-corrected chi connectivity index (χ1v) is 7.60. The number of nitrogens with one attached hydrogen (secondary N) is 1. The van der Waals surface area contributed by atoms with Crippen molar-refractivity contribution in [3.63, 3.8) is 0 Å². The summed E-state index contributed by atoms with van der Waals surface area (Å²) in [6.45, 7) is 0.552. The largest absolute Gasteiger partial charge is 0.497 e. The Bertz CT molecular complexity index is 777. The zero-order chi connectivity index (χ0) is 15.4. The maximum atomic E-state index is 5.76. The van der Waals surface area contributed by atoms with Gasteiger partial charge in [-0.05, 0) is 12.1 Å². The molecule has 0 spiro atoms. The first-order chi connectivity index (χ1) is 10.8. The van der Waals surface area contributed by atoms with Crippen LogP contribution in [-0.2, 0) is 0 Å². The van der Waals surface area contributed by atoms with Gasteiger partial charge >= 0.3 is 0 Å². The predicted octanol–water partition coefficient (Wildman–Crippen LogP) is 2.11. The van der Waals surface area contributed by atoms with Gasteiger partial charge in [-0.2, -0.15) is 0 Å². The van der Waals surface area contributed by atoms with Gasteiger partial charge in [0.2, 0.25) is 0 Å². The monoisotopic (exact) mass is 317 g/mol. The van der Waals surface area contributed by atoms with E-state index >= 15 is 0 Å².